The lowest BCUT2D eigenvalue weighted by atomic mass is 10.1. The van der Waals surface area contributed by atoms with E-state index in [2.05, 4.69) is 21.0 Å². The first-order valence-corrected chi connectivity index (χ1v) is 9.11. The second-order valence-corrected chi connectivity index (χ2v) is 6.76. The van der Waals surface area contributed by atoms with Crippen molar-refractivity contribution in [2.24, 2.45) is 0 Å². The molecule has 0 radical (unpaired) electrons. The Morgan fingerprint density at radius 3 is 2.23 bits per heavy atom. The van der Waals surface area contributed by atoms with Gasteiger partial charge in [0.1, 0.15) is 5.82 Å². The molecule has 1 amide bonds. The molecule has 0 aliphatic carbocycles. The topological polar surface area (TPSA) is 38.1 Å². The lowest BCUT2D eigenvalue weighted by Crippen LogP contribution is -2.30. The standard InChI is InChI=1S/C20H19BrFN3O/c1-4-24(17-11-7-16(22)8-12-17)20(26)15-5-9-18(10-6-15)25-14(3)19(21)13(2)23-25/h5-12H,4H2,1-3H3. The first-order valence-electron chi connectivity index (χ1n) is 8.32. The fraction of sp³-hybridized carbons (Fsp3) is 0.200. The third-order valence-corrected chi connectivity index (χ3v) is 5.41. The highest BCUT2D eigenvalue weighted by Crippen LogP contribution is 2.24. The molecule has 1 heterocycles. The molecule has 0 aliphatic heterocycles. The molecule has 0 fully saturated rings. The van der Waals surface area contributed by atoms with Crippen molar-refractivity contribution in [1.29, 1.82) is 0 Å². The molecule has 0 atom stereocenters. The van der Waals surface area contributed by atoms with E-state index in [4.69, 9.17) is 0 Å². The Hall–Kier alpha value is -2.47. The number of halogens is 2. The monoisotopic (exact) mass is 415 g/mol. The van der Waals surface area contributed by atoms with E-state index in [0.29, 0.717) is 17.8 Å². The summed E-state index contributed by atoms with van der Waals surface area (Å²) in [5.74, 6) is -0.446. The van der Waals surface area contributed by atoms with Gasteiger partial charge in [0, 0.05) is 17.8 Å². The zero-order valence-electron chi connectivity index (χ0n) is 14.8. The zero-order chi connectivity index (χ0) is 18.8. The molecule has 0 spiro atoms. The summed E-state index contributed by atoms with van der Waals surface area (Å²) >= 11 is 3.52. The van der Waals surface area contributed by atoms with Crippen LogP contribution in [0.1, 0.15) is 28.7 Å². The molecule has 2 aromatic carbocycles. The van der Waals surface area contributed by atoms with E-state index in [0.717, 1.165) is 21.5 Å². The molecule has 0 N–H and O–H groups in total. The van der Waals surface area contributed by atoms with Crippen LogP contribution < -0.4 is 4.90 Å². The van der Waals surface area contributed by atoms with Gasteiger partial charge in [0.2, 0.25) is 0 Å². The Labute approximate surface area is 160 Å². The van der Waals surface area contributed by atoms with Gasteiger partial charge in [0.15, 0.2) is 0 Å². The Bertz CT molecular complexity index is 933. The maximum atomic E-state index is 13.1. The summed E-state index contributed by atoms with van der Waals surface area (Å²) < 4.78 is 15.9. The molecular weight excluding hydrogens is 397 g/mol. The quantitative estimate of drug-likeness (QED) is 0.597. The number of benzene rings is 2. The number of rotatable bonds is 4. The normalized spacial score (nSPS) is 10.8. The van der Waals surface area contributed by atoms with Crippen LogP contribution in [-0.2, 0) is 0 Å². The van der Waals surface area contributed by atoms with Gasteiger partial charge in [0.25, 0.3) is 5.91 Å². The maximum absolute atomic E-state index is 13.1. The molecule has 3 rings (SSSR count). The van der Waals surface area contributed by atoms with Crippen molar-refractivity contribution in [2.75, 3.05) is 11.4 Å². The third-order valence-electron chi connectivity index (χ3n) is 4.26. The maximum Gasteiger partial charge on any atom is 0.258 e. The average molecular weight is 416 g/mol. The molecule has 6 heteroatoms. The van der Waals surface area contributed by atoms with Crippen molar-refractivity contribution >= 4 is 27.5 Å². The Kier molecular flexibility index (Phi) is 5.23. The van der Waals surface area contributed by atoms with Crippen LogP contribution in [-0.4, -0.2) is 22.2 Å². The predicted octanol–water partition coefficient (Wildman–Crippen LogP) is 5.06. The summed E-state index contributed by atoms with van der Waals surface area (Å²) in [7, 11) is 0. The van der Waals surface area contributed by atoms with Crippen molar-refractivity contribution in [1.82, 2.24) is 9.78 Å². The summed E-state index contributed by atoms with van der Waals surface area (Å²) in [5.41, 5.74) is 4.04. The number of nitrogens with zero attached hydrogens (tertiary/aromatic N) is 3. The lowest BCUT2D eigenvalue weighted by Gasteiger charge is -2.21. The number of aryl methyl sites for hydroxylation is 1. The second kappa shape index (κ2) is 7.41. The van der Waals surface area contributed by atoms with Crippen LogP contribution in [0.15, 0.2) is 53.0 Å². The minimum absolute atomic E-state index is 0.125. The number of hydrogen-bond donors (Lipinski definition) is 0. The average Bonchev–Trinajstić information content (AvgIpc) is 2.91. The van der Waals surface area contributed by atoms with Crippen LogP contribution >= 0.6 is 15.9 Å². The zero-order valence-corrected chi connectivity index (χ0v) is 16.4. The highest BCUT2D eigenvalue weighted by Gasteiger charge is 2.17. The summed E-state index contributed by atoms with van der Waals surface area (Å²) in [4.78, 5) is 14.5. The number of carbonyl (C=O) groups is 1. The number of carbonyl (C=O) groups excluding carboxylic acids is 1. The summed E-state index contributed by atoms with van der Waals surface area (Å²) in [6.07, 6.45) is 0. The molecular formula is C20H19BrFN3O. The summed E-state index contributed by atoms with van der Waals surface area (Å²) in [6.45, 7) is 6.31. The number of anilines is 1. The van der Waals surface area contributed by atoms with Gasteiger partial charge < -0.3 is 4.90 Å². The molecule has 1 aromatic heterocycles. The van der Waals surface area contributed by atoms with Crippen molar-refractivity contribution < 1.29 is 9.18 Å². The van der Waals surface area contributed by atoms with Crippen LogP contribution in [0, 0.1) is 19.7 Å². The van der Waals surface area contributed by atoms with Gasteiger partial charge in [-0.3, -0.25) is 4.79 Å². The van der Waals surface area contributed by atoms with Crippen molar-refractivity contribution in [3.8, 4) is 5.69 Å². The Morgan fingerprint density at radius 2 is 1.73 bits per heavy atom. The first kappa shape index (κ1) is 18.3. The molecule has 4 nitrogen and oxygen atoms in total. The molecule has 0 aliphatic rings. The van der Waals surface area contributed by atoms with Gasteiger partial charge in [-0.2, -0.15) is 5.10 Å². The van der Waals surface area contributed by atoms with Crippen molar-refractivity contribution in [2.45, 2.75) is 20.8 Å². The smallest absolute Gasteiger partial charge is 0.258 e. The van der Waals surface area contributed by atoms with Gasteiger partial charge in [-0.05, 0) is 85.2 Å². The van der Waals surface area contributed by atoms with E-state index in [-0.39, 0.29) is 11.7 Å². The van der Waals surface area contributed by atoms with Crippen LogP contribution in [0.3, 0.4) is 0 Å². The molecule has 26 heavy (non-hydrogen) atoms. The van der Waals surface area contributed by atoms with Crippen LogP contribution in [0.2, 0.25) is 0 Å². The SMILES string of the molecule is CCN(C(=O)c1ccc(-n2nc(C)c(Br)c2C)cc1)c1ccc(F)cc1. The van der Waals surface area contributed by atoms with Crippen LogP contribution in [0.25, 0.3) is 5.69 Å². The molecule has 0 unspecified atom stereocenters. The molecule has 0 bridgehead atoms. The highest BCUT2D eigenvalue weighted by atomic mass is 79.9. The fourth-order valence-electron chi connectivity index (χ4n) is 2.84. The van der Waals surface area contributed by atoms with E-state index < -0.39 is 0 Å². The van der Waals surface area contributed by atoms with Gasteiger partial charge >= 0.3 is 0 Å². The van der Waals surface area contributed by atoms with Crippen molar-refractivity contribution in [3.05, 3.63) is 75.8 Å². The fourth-order valence-corrected chi connectivity index (χ4v) is 3.09. The Morgan fingerprint density at radius 1 is 1.12 bits per heavy atom. The second-order valence-electron chi connectivity index (χ2n) is 5.97. The van der Waals surface area contributed by atoms with Gasteiger partial charge in [-0.15, -0.1) is 0 Å². The van der Waals surface area contributed by atoms with Gasteiger partial charge in [0.05, 0.1) is 21.5 Å². The highest BCUT2D eigenvalue weighted by molar-refractivity contribution is 9.10. The van der Waals surface area contributed by atoms with Crippen LogP contribution in [0.5, 0.6) is 0 Å². The van der Waals surface area contributed by atoms with E-state index in [9.17, 15) is 9.18 Å². The predicted molar refractivity (Wildman–Crippen MR) is 104 cm³/mol. The van der Waals surface area contributed by atoms with Crippen molar-refractivity contribution in [3.63, 3.8) is 0 Å². The number of hydrogen-bond acceptors (Lipinski definition) is 2. The van der Waals surface area contributed by atoms with E-state index >= 15 is 0 Å². The molecule has 134 valence electrons. The van der Waals surface area contributed by atoms with Gasteiger partial charge in [-0.25, -0.2) is 9.07 Å². The number of amides is 1. The van der Waals surface area contributed by atoms with E-state index in [1.165, 1.54) is 12.1 Å². The van der Waals surface area contributed by atoms with Gasteiger partial charge in [-0.1, -0.05) is 0 Å². The number of aromatic nitrogens is 2. The molecule has 0 saturated heterocycles. The minimum atomic E-state index is -0.322. The Balaban J connectivity index is 1.88. The summed E-state index contributed by atoms with van der Waals surface area (Å²) in [6, 6.07) is 13.2. The summed E-state index contributed by atoms with van der Waals surface area (Å²) in [5, 5.41) is 4.50. The van der Waals surface area contributed by atoms with Crippen LogP contribution in [0.4, 0.5) is 10.1 Å². The molecule has 0 saturated carbocycles. The third kappa shape index (κ3) is 3.42. The minimum Gasteiger partial charge on any atom is -0.309 e. The largest absolute Gasteiger partial charge is 0.309 e. The van der Waals surface area contributed by atoms with E-state index in [1.54, 1.807) is 29.2 Å². The van der Waals surface area contributed by atoms with E-state index in [1.807, 2.05) is 37.6 Å². The first-order chi connectivity index (χ1) is 12.4. The molecule has 3 aromatic rings. The lowest BCUT2D eigenvalue weighted by molar-refractivity contribution is 0.0988.